The van der Waals surface area contributed by atoms with E-state index in [0.29, 0.717) is 6.54 Å². The van der Waals surface area contributed by atoms with Crippen LogP contribution < -0.4 is 10.6 Å². The summed E-state index contributed by atoms with van der Waals surface area (Å²) in [5, 5.41) is 10.2. The lowest BCUT2D eigenvalue weighted by Crippen LogP contribution is -2.33. The number of nitrogens with zero attached hydrogens (tertiary/aromatic N) is 3. The molecule has 7 nitrogen and oxygen atoms in total. The van der Waals surface area contributed by atoms with Crippen LogP contribution in [0.15, 0.2) is 36.9 Å². The lowest BCUT2D eigenvalue weighted by atomic mass is 10.2. The first-order valence-electron chi connectivity index (χ1n) is 7.60. The van der Waals surface area contributed by atoms with Crippen LogP contribution in [0.1, 0.15) is 27.2 Å². The first-order valence-corrected chi connectivity index (χ1v) is 7.60. The van der Waals surface area contributed by atoms with E-state index in [0.717, 1.165) is 24.3 Å². The number of anilines is 1. The van der Waals surface area contributed by atoms with Crippen molar-refractivity contribution in [1.29, 1.82) is 0 Å². The Morgan fingerprint density at radius 1 is 1.26 bits per heavy atom. The molecule has 2 N–H and O–H groups in total. The summed E-state index contributed by atoms with van der Waals surface area (Å²) >= 11 is 0. The molecule has 0 spiro atoms. The molecule has 0 aliphatic carbocycles. The Hall–Kier alpha value is -2.57. The van der Waals surface area contributed by atoms with Crippen molar-refractivity contribution in [3.63, 3.8) is 0 Å². The molecule has 124 valence electrons. The molecule has 1 heterocycles. The van der Waals surface area contributed by atoms with Gasteiger partial charge in [-0.2, -0.15) is 5.10 Å². The quantitative estimate of drug-likeness (QED) is 0.800. The number of nitrogens with one attached hydrogen (secondary N) is 2. The first-order chi connectivity index (χ1) is 11.0. The highest BCUT2D eigenvalue weighted by atomic mass is 16.6. The van der Waals surface area contributed by atoms with E-state index in [1.54, 1.807) is 11.0 Å². The van der Waals surface area contributed by atoms with Crippen LogP contribution >= 0.6 is 0 Å². The number of para-hydroxylation sites is 2. The van der Waals surface area contributed by atoms with Gasteiger partial charge in [-0.3, -0.25) is 0 Å². The van der Waals surface area contributed by atoms with Gasteiger partial charge >= 0.3 is 6.09 Å². The maximum Gasteiger partial charge on any atom is 0.407 e. The third-order valence-corrected chi connectivity index (χ3v) is 2.91. The van der Waals surface area contributed by atoms with E-state index in [1.807, 2.05) is 45.0 Å². The molecule has 7 heteroatoms. The van der Waals surface area contributed by atoms with Gasteiger partial charge in [0.25, 0.3) is 0 Å². The zero-order chi connectivity index (χ0) is 16.7. The number of amides is 1. The summed E-state index contributed by atoms with van der Waals surface area (Å²) < 4.78 is 6.89. The Bertz CT molecular complexity index is 620. The Balaban J connectivity index is 1.76. The average molecular weight is 317 g/mol. The molecule has 2 aromatic rings. The summed E-state index contributed by atoms with van der Waals surface area (Å²) in [6, 6.07) is 7.86. The van der Waals surface area contributed by atoms with Crippen LogP contribution in [0.2, 0.25) is 0 Å². The molecule has 0 bridgehead atoms. The largest absolute Gasteiger partial charge is 0.444 e. The number of carbonyl (C=O) groups is 1. The second-order valence-corrected chi connectivity index (χ2v) is 6.07. The predicted octanol–water partition coefficient (Wildman–Crippen LogP) is 2.59. The molecular weight excluding hydrogens is 294 g/mol. The molecule has 0 aliphatic heterocycles. The summed E-state index contributed by atoms with van der Waals surface area (Å²) in [6.45, 7) is 6.80. The monoisotopic (exact) mass is 317 g/mol. The second-order valence-electron chi connectivity index (χ2n) is 6.07. The molecule has 1 amide bonds. The zero-order valence-corrected chi connectivity index (χ0v) is 13.7. The highest BCUT2D eigenvalue weighted by Crippen LogP contribution is 2.18. The van der Waals surface area contributed by atoms with Gasteiger partial charge in [0.1, 0.15) is 18.3 Å². The van der Waals surface area contributed by atoms with Crippen molar-refractivity contribution in [3.05, 3.63) is 36.9 Å². The summed E-state index contributed by atoms with van der Waals surface area (Å²) in [5.41, 5.74) is 1.43. The molecule has 0 aliphatic rings. The molecule has 0 fully saturated rings. The molecular formula is C16H23N5O2. The summed E-state index contributed by atoms with van der Waals surface area (Å²) in [7, 11) is 0. The molecule has 0 saturated carbocycles. The van der Waals surface area contributed by atoms with E-state index in [4.69, 9.17) is 4.74 Å². The lowest BCUT2D eigenvalue weighted by molar-refractivity contribution is 0.0528. The van der Waals surface area contributed by atoms with Crippen molar-refractivity contribution in [2.75, 3.05) is 18.4 Å². The fraction of sp³-hybridized carbons (Fsp3) is 0.438. The Morgan fingerprint density at radius 2 is 2.04 bits per heavy atom. The third kappa shape index (κ3) is 5.61. The van der Waals surface area contributed by atoms with Crippen LogP contribution in [0.5, 0.6) is 0 Å². The van der Waals surface area contributed by atoms with Gasteiger partial charge in [0.05, 0.1) is 11.4 Å². The molecule has 0 unspecified atom stereocenters. The minimum atomic E-state index is -0.473. The standard InChI is InChI=1S/C16H23N5O2/c1-16(2,3)23-15(22)19-10-6-9-18-13-7-4-5-8-14(13)21-12-17-11-20-21/h4-5,7-8,11-12,18H,6,9-10H2,1-3H3,(H,19,22). The van der Waals surface area contributed by atoms with Gasteiger partial charge in [-0.05, 0) is 39.3 Å². The van der Waals surface area contributed by atoms with E-state index < -0.39 is 5.60 Å². The number of benzene rings is 1. The second kappa shape index (κ2) is 7.62. The highest BCUT2D eigenvalue weighted by molar-refractivity contribution is 5.67. The normalized spacial score (nSPS) is 11.1. The van der Waals surface area contributed by atoms with Crippen molar-refractivity contribution in [3.8, 4) is 5.69 Å². The summed E-state index contributed by atoms with van der Waals surface area (Å²) in [5.74, 6) is 0. The van der Waals surface area contributed by atoms with E-state index in [-0.39, 0.29) is 6.09 Å². The van der Waals surface area contributed by atoms with Crippen molar-refractivity contribution in [1.82, 2.24) is 20.1 Å². The number of carbonyl (C=O) groups excluding carboxylic acids is 1. The van der Waals surface area contributed by atoms with E-state index in [9.17, 15) is 4.79 Å². The van der Waals surface area contributed by atoms with Gasteiger partial charge in [0.15, 0.2) is 0 Å². The highest BCUT2D eigenvalue weighted by Gasteiger charge is 2.15. The maximum atomic E-state index is 11.5. The Kier molecular flexibility index (Phi) is 5.56. The lowest BCUT2D eigenvalue weighted by Gasteiger charge is -2.19. The summed E-state index contributed by atoms with van der Waals surface area (Å²) in [6.07, 6.45) is 3.55. The molecule has 0 atom stereocenters. The van der Waals surface area contributed by atoms with Gasteiger partial charge in [-0.25, -0.2) is 14.5 Å². The maximum absolute atomic E-state index is 11.5. The van der Waals surface area contributed by atoms with E-state index >= 15 is 0 Å². The Labute approximate surface area is 136 Å². The topological polar surface area (TPSA) is 81.1 Å². The van der Waals surface area contributed by atoms with Gasteiger partial charge in [-0.15, -0.1) is 0 Å². The van der Waals surface area contributed by atoms with Crippen molar-refractivity contribution in [2.24, 2.45) is 0 Å². The average Bonchev–Trinajstić information content (AvgIpc) is 2.99. The SMILES string of the molecule is CC(C)(C)OC(=O)NCCCNc1ccccc1-n1cncn1. The molecule has 2 rings (SSSR count). The zero-order valence-electron chi connectivity index (χ0n) is 13.7. The minimum Gasteiger partial charge on any atom is -0.444 e. The van der Waals surface area contributed by atoms with Crippen LogP contribution in [-0.4, -0.2) is 39.5 Å². The van der Waals surface area contributed by atoms with Crippen molar-refractivity contribution < 1.29 is 9.53 Å². The van der Waals surface area contributed by atoms with E-state index in [2.05, 4.69) is 20.7 Å². The van der Waals surface area contributed by atoms with Gasteiger partial charge in [0, 0.05) is 13.1 Å². The summed E-state index contributed by atoms with van der Waals surface area (Å²) in [4.78, 5) is 15.5. The first kappa shape index (κ1) is 16.8. The van der Waals surface area contributed by atoms with Crippen molar-refractivity contribution in [2.45, 2.75) is 32.8 Å². The van der Waals surface area contributed by atoms with Crippen molar-refractivity contribution >= 4 is 11.8 Å². The van der Waals surface area contributed by atoms with Crippen LogP contribution in [0.25, 0.3) is 5.69 Å². The predicted molar refractivity (Wildman–Crippen MR) is 88.7 cm³/mol. The van der Waals surface area contributed by atoms with Crippen LogP contribution in [0, 0.1) is 0 Å². The molecule has 1 aromatic carbocycles. The minimum absolute atomic E-state index is 0.388. The number of ether oxygens (including phenoxy) is 1. The number of hydrogen-bond acceptors (Lipinski definition) is 5. The third-order valence-electron chi connectivity index (χ3n) is 2.91. The van der Waals surface area contributed by atoms with Gasteiger partial charge in [0.2, 0.25) is 0 Å². The van der Waals surface area contributed by atoms with Gasteiger partial charge in [-0.1, -0.05) is 12.1 Å². The smallest absolute Gasteiger partial charge is 0.407 e. The van der Waals surface area contributed by atoms with Crippen LogP contribution in [0.4, 0.5) is 10.5 Å². The Morgan fingerprint density at radius 3 is 2.74 bits per heavy atom. The molecule has 0 radical (unpaired) electrons. The fourth-order valence-corrected chi connectivity index (χ4v) is 1.97. The number of hydrogen-bond donors (Lipinski definition) is 2. The number of alkyl carbamates (subject to hydrolysis) is 1. The van der Waals surface area contributed by atoms with Crippen LogP contribution in [0.3, 0.4) is 0 Å². The number of aromatic nitrogens is 3. The van der Waals surface area contributed by atoms with Gasteiger partial charge < -0.3 is 15.4 Å². The van der Waals surface area contributed by atoms with Crippen LogP contribution in [-0.2, 0) is 4.74 Å². The van der Waals surface area contributed by atoms with E-state index in [1.165, 1.54) is 6.33 Å². The fourth-order valence-electron chi connectivity index (χ4n) is 1.97. The molecule has 1 aromatic heterocycles. The number of rotatable bonds is 6. The molecule has 0 saturated heterocycles. The molecule has 23 heavy (non-hydrogen) atoms.